The fraction of sp³-hybridized carbons (Fsp3) is 0.447. The summed E-state index contributed by atoms with van der Waals surface area (Å²) in [6.45, 7) is 24.8. The van der Waals surface area contributed by atoms with E-state index in [9.17, 15) is 4.79 Å². The molecule has 1 N–H and O–H groups in total. The Bertz CT molecular complexity index is 1350. The number of anilines is 3. The Morgan fingerprint density at radius 1 is 0.800 bits per heavy atom. The van der Waals surface area contributed by atoms with Crippen LogP contribution in [-0.4, -0.2) is 29.7 Å². The topological polar surface area (TPSA) is 44.8 Å². The third-order valence-electron chi connectivity index (χ3n) is 8.46. The summed E-state index contributed by atoms with van der Waals surface area (Å²) in [6, 6.07) is 19.4. The number of hydrogen-bond acceptors (Lipinski definition) is 4. The van der Waals surface area contributed by atoms with Crippen molar-refractivity contribution in [2.24, 2.45) is 0 Å². The number of halogens is 1. The molecule has 0 radical (unpaired) electrons. The molecule has 2 aliphatic rings. The van der Waals surface area contributed by atoms with Gasteiger partial charge >= 0.3 is 97.9 Å². The summed E-state index contributed by atoms with van der Waals surface area (Å²) < 4.78 is 7.57. The van der Waals surface area contributed by atoms with E-state index in [0.29, 0.717) is 30.1 Å². The van der Waals surface area contributed by atoms with Crippen LogP contribution < -0.4 is 19.9 Å². The van der Waals surface area contributed by atoms with Crippen LogP contribution in [0, 0.1) is 6.67 Å². The maximum absolute atomic E-state index is 11.5. The summed E-state index contributed by atoms with van der Waals surface area (Å²) >= 11 is 2.45. The van der Waals surface area contributed by atoms with E-state index in [1.807, 2.05) is 29.7 Å². The number of carbonyl (C=O) groups is 1. The minimum absolute atomic E-state index is 0. The third-order valence-corrected chi connectivity index (χ3v) is 9.00. The van der Waals surface area contributed by atoms with Crippen LogP contribution in [0.1, 0.15) is 120 Å². The summed E-state index contributed by atoms with van der Waals surface area (Å²) in [5, 5.41) is 2.84. The number of ether oxygens (including phenoxy) is 1. The molecule has 1 fully saturated rings. The van der Waals surface area contributed by atoms with Gasteiger partial charge in [0.05, 0.1) is 0 Å². The first-order valence-electron chi connectivity index (χ1n) is 16.1. The zero-order valence-corrected chi connectivity index (χ0v) is 30.9. The average molecular weight is 718 g/mol. The van der Waals surface area contributed by atoms with Crippen molar-refractivity contribution in [3.63, 3.8) is 0 Å². The van der Waals surface area contributed by atoms with Gasteiger partial charge in [0.1, 0.15) is 0 Å². The minimum Gasteiger partial charge on any atom is -0.147 e. The molecular weight excluding hydrogens is 667 g/mol. The van der Waals surface area contributed by atoms with Gasteiger partial charge in [-0.1, -0.05) is 91.8 Å². The second-order valence-corrected chi connectivity index (χ2v) is 13.5. The summed E-state index contributed by atoms with van der Waals surface area (Å²) in [7, 11) is 0. The van der Waals surface area contributed by atoms with Crippen molar-refractivity contribution in [2.75, 3.05) is 28.2 Å². The maximum atomic E-state index is 11.5. The fourth-order valence-corrected chi connectivity index (χ4v) is 6.46. The van der Waals surface area contributed by atoms with Gasteiger partial charge in [0, 0.05) is 24.5 Å². The molecule has 245 valence electrons. The van der Waals surface area contributed by atoms with Gasteiger partial charge in [-0.05, 0) is 45.9 Å². The summed E-state index contributed by atoms with van der Waals surface area (Å²) in [5.74, 6) is 2.76. The number of hydrogen-bond donors (Lipinski definition) is 1. The van der Waals surface area contributed by atoms with Gasteiger partial charge in [-0.25, -0.2) is 0 Å². The number of para-hydroxylation sites is 3. The summed E-state index contributed by atoms with van der Waals surface area (Å²) in [6.07, 6.45) is 0.308. The molecular formula is C38H51ClN3O2Ru. The van der Waals surface area contributed by atoms with Gasteiger partial charge in [-0.3, -0.25) is 0 Å². The molecule has 3 aromatic carbocycles. The summed E-state index contributed by atoms with van der Waals surface area (Å²) in [5.41, 5.74) is 10.4. The van der Waals surface area contributed by atoms with Gasteiger partial charge in [0.15, 0.2) is 0 Å². The van der Waals surface area contributed by atoms with Crippen molar-refractivity contribution in [2.45, 2.75) is 98.5 Å². The molecule has 2 heterocycles. The molecule has 0 aliphatic carbocycles. The first kappa shape index (κ1) is 36.8. The van der Waals surface area contributed by atoms with Crippen LogP contribution in [0.25, 0.3) is 0 Å². The van der Waals surface area contributed by atoms with E-state index in [0.717, 1.165) is 30.1 Å². The first-order valence-corrected chi connectivity index (χ1v) is 17.1. The number of fused-ring (bicyclic) bond motifs is 1. The zero-order chi connectivity index (χ0) is 32.1. The summed E-state index contributed by atoms with van der Waals surface area (Å²) in [4.78, 5) is 16.5. The van der Waals surface area contributed by atoms with Crippen molar-refractivity contribution >= 4 is 40.0 Å². The van der Waals surface area contributed by atoms with Gasteiger partial charge < -0.3 is 9.80 Å². The number of amides is 1. The number of nitrogens with one attached hydrogen (secondary N) is 1. The Hall–Kier alpha value is -2.69. The SMILES string of the molecule is CC(C)c1cccc(C(C)C)c1N1[CH-]N(c2c(C(C)C)cccc2C(C)C)CC1.CCC1Oc2c([CH]=[Ru+])cccc2NC1=O.Cl. The molecule has 0 spiro atoms. The minimum atomic E-state index is -0.370. The van der Waals surface area contributed by atoms with Crippen LogP contribution in [0.15, 0.2) is 54.6 Å². The number of rotatable bonds is 8. The Balaban J connectivity index is 0.000000290. The van der Waals surface area contributed by atoms with E-state index in [4.69, 9.17) is 4.74 Å². The van der Waals surface area contributed by atoms with Crippen molar-refractivity contribution in [1.82, 2.24) is 0 Å². The molecule has 5 nitrogen and oxygen atoms in total. The second kappa shape index (κ2) is 16.2. The van der Waals surface area contributed by atoms with Gasteiger partial charge in [-0.2, -0.15) is 6.67 Å². The molecule has 1 atom stereocenters. The monoisotopic (exact) mass is 718 g/mol. The second-order valence-electron chi connectivity index (χ2n) is 13.0. The molecule has 0 saturated carbocycles. The number of carbonyl (C=O) groups excluding carboxylic acids is 1. The van der Waals surface area contributed by atoms with Crippen LogP contribution in [0.3, 0.4) is 0 Å². The Labute approximate surface area is 287 Å². The van der Waals surface area contributed by atoms with E-state index in [2.05, 4.69) is 131 Å². The molecule has 0 bridgehead atoms. The fourth-order valence-electron chi connectivity index (χ4n) is 6.07. The largest absolute Gasteiger partial charge is 0.147 e. The van der Waals surface area contributed by atoms with E-state index in [1.165, 1.54) is 33.6 Å². The zero-order valence-electron chi connectivity index (χ0n) is 28.3. The van der Waals surface area contributed by atoms with E-state index < -0.39 is 0 Å². The van der Waals surface area contributed by atoms with Crippen LogP contribution in [0.4, 0.5) is 17.1 Å². The van der Waals surface area contributed by atoms with Gasteiger partial charge in [0.25, 0.3) is 0 Å². The molecule has 0 aromatic heterocycles. The smallest absolute Gasteiger partial charge is 0.147 e. The average Bonchev–Trinajstić information content (AvgIpc) is 3.49. The van der Waals surface area contributed by atoms with Gasteiger partial charge in [0.2, 0.25) is 0 Å². The van der Waals surface area contributed by atoms with E-state index in [-0.39, 0.29) is 24.4 Å². The van der Waals surface area contributed by atoms with Crippen LogP contribution in [0.5, 0.6) is 5.75 Å². The Morgan fingerprint density at radius 3 is 1.60 bits per heavy atom. The quantitative estimate of drug-likeness (QED) is 0.186. The maximum Gasteiger partial charge on any atom is -0.147 e. The van der Waals surface area contributed by atoms with Crippen molar-refractivity contribution < 1.29 is 27.4 Å². The molecule has 1 amide bonds. The molecule has 7 heteroatoms. The van der Waals surface area contributed by atoms with E-state index in [1.54, 1.807) is 0 Å². The molecule has 3 aromatic rings. The Morgan fingerprint density at radius 2 is 1.22 bits per heavy atom. The van der Waals surface area contributed by atoms with Crippen molar-refractivity contribution in [3.05, 3.63) is 89.1 Å². The molecule has 1 unspecified atom stereocenters. The van der Waals surface area contributed by atoms with Gasteiger partial charge in [-0.15, -0.1) is 12.4 Å². The van der Waals surface area contributed by atoms with Crippen LogP contribution >= 0.6 is 12.4 Å². The first-order chi connectivity index (χ1) is 21.0. The normalized spacial score (nSPS) is 15.8. The third kappa shape index (κ3) is 8.19. The number of benzene rings is 3. The standard InChI is InChI=1S/C27H39N2.C11H11NO2.ClH.Ru/c1-18(2)22-11-9-12-23(19(3)4)26(22)28-15-16-29(17-28)27-24(20(5)6)13-10-14-25(27)21(7)8;1-3-9-11(13)12-8-6-4-5-7(2)10(8)14-9;;/h9-14,17-21H,15-16H2,1-8H3;2,4-6,9H,3H2,1H3,(H,12,13);1H;/q-1;;;+1. The molecule has 1 saturated heterocycles. The van der Waals surface area contributed by atoms with Crippen LogP contribution in [-0.2, 0) is 22.6 Å². The van der Waals surface area contributed by atoms with Crippen molar-refractivity contribution in [1.29, 1.82) is 0 Å². The predicted molar refractivity (Wildman–Crippen MR) is 190 cm³/mol. The molecule has 5 rings (SSSR count). The molecule has 45 heavy (non-hydrogen) atoms. The predicted octanol–water partition coefficient (Wildman–Crippen LogP) is 9.54. The number of nitrogens with zero attached hydrogens (tertiary/aromatic N) is 2. The van der Waals surface area contributed by atoms with E-state index >= 15 is 0 Å². The Kier molecular flexibility index (Phi) is 13.3. The van der Waals surface area contributed by atoms with Crippen molar-refractivity contribution in [3.8, 4) is 5.75 Å². The molecule has 2 aliphatic heterocycles. The van der Waals surface area contributed by atoms with Crippen LogP contribution in [0.2, 0.25) is 0 Å².